The first-order valence-corrected chi connectivity index (χ1v) is 12.4. The van der Waals surface area contributed by atoms with Crippen LogP contribution in [0.5, 0.6) is 11.6 Å². The number of nitrogen functional groups attached to an aromatic ring is 1. The molecule has 0 amide bonds. The second-order valence-corrected chi connectivity index (χ2v) is 9.59. The molecule has 3 aromatic heterocycles. The number of nitrogens with zero attached hydrogens (tertiary/aromatic N) is 5. The molecule has 0 unspecified atom stereocenters. The molecule has 9 nitrogen and oxygen atoms in total. The third kappa shape index (κ3) is 4.31. The van der Waals surface area contributed by atoms with Crippen LogP contribution in [0.3, 0.4) is 0 Å². The van der Waals surface area contributed by atoms with Gasteiger partial charge >= 0.3 is 5.97 Å². The van der Waals surface area contributed by atoms with E-state index in [-0.39, 0.29) is 12.0 Å². The van der Waals surface area contributed by atoms with Crippen molar-refractivity contribution < 1.29 is 14.6 Å². The Hall–Kier alpha value is -4.24. The van der Waals surface area contributed by atoms with Crippen molar-refractivity contribution in [2.45, 2.75) is 31.7 Å². The summed E-state index contributed by atoms with van der Waals surface area (Å²) in [5.74, 6) is 0.375. The molecule has 0 atom stereocenters. The minimum absolute atomic E-state index is 0.00406. The summed E-state index contributed by atoms with van der Waals surface area (Å²) in [6.45, 7) is 0. The van der Waals surface area contributed by atoms with Gasteiger partial charge in [0.15, 0.2) is 5.65 Å². The third-order valence-corrected chi connectivity index (χ3v) is 7.20. The molecule has 2 aromatic carbocycles. The van der Waals surface area contributed by atoms with Crippen LogP contribution in [0.2, 0.25) is 5.02 Å². The molecule has 186 valence electrons. The lowest BCUT2D eigenvalue weighted by molar-refractivity contribution is -0.143. The highest BCUT2D eigenvalue weighted by atomic mass is 35.5. The number of hydrogen-bond acceptors (Lipinski definition) is 7. The van der Waals surface area contributed by atoms with E-state index in [1.807, 2.05) is 53.2 Å². The Labute approximate surface area is 216 Å². The zero-order valence-corrected chi connectivity index (χ0v) is 20.5. The number of carbonyl (C=O) groups is 1. The molecule has 1 saturated carbocycles. The molecule has 0 radical (unpaired) electrons. The van der Waals surface area contributed by atoms with Crippen molar-refractivity contribution >= 4 is 45.3 Å². The average molecular weight is 515 g/mol. The van der Waals surface area contributed by atoms with Crippen molar-refractivity contribution in [3.05, 3.63) is 65.9 Å². The molecule has 0 saturated heterocycles. The number of halogens is 1. The lowest BCUT2D eigenvalue weighted by atomic mass is 9.86. The second-order valence-electron chi connectivity index (χ2n) is 9.18. The molecule has 0 bridgehead atoms. The highest BCUT2D eigenvalue weighted by Crippen LogP contribution is 2.40. The number of fused-ring (bicyclic) bond motifs is 2. The summed E-state index contributed by atoms with van der Waals surface area (Å²) in [5, 5.41) is 16.3. The van der Waals surface area contributed by atoms with Crippen molar-refractivity contribution in [1.82, 2.24) is 24.7 Å². The normalized spacial score (nSPS) is 17.8. The van der Waals surface area contributed by atoms with Crippen molar-refractivity contribution in [1.29, 1.82) is 0 Å². The zero-order chi connectivity index (χ0) is 25.5. The van der Waals surface area contributed by atoms with E-state index in [4.69, 9.17) is 27.2 Å². The summed E-state index contributed by atoms with van der Waals surface area (Å²) in [6, 6.07) is 16.9. The van der Waals surface area contributed by atoms with Crippen LogP contribution in [0, 0.1) is 5.92 Å². The molecule has 6 rings (SSSR count). The van der Waals surface area contributed by atoms with Gasteiger partial charge in [0.25, 0.3) is 0 Å². The van der Waals surface area contributed by atoms with Gasteiger partial charge in [0.05, 0.1) is 27.9 Å². The molecule has 0 aliphatic heterocycles. The molecular formula is C27H23ClN6O3. The van der Waals surface area contributed by atoms with Crippen molar-refractivity contribution in [2.24, 2.45) is 5.92 Å². The van der Waals surface area contributed by atoms with Crippen LogP contribution < -0.4 is 10.5 Å². The number of para-hydroxylation sites is 1. The molecule has 10 heteroatoms. The van der Waals surface area contributed by atoms with Crippen LogP contribution in [0.25, 0.3) is 33.2 Å². The summed E-state index contributed by atoms with van der Waals surface area (Å²) in [7, 11) is 0. The number of aromatic nitrogens is 5. The van der Waals surface area contributed by atoms with E-state index in [9.17, 15) is 9.90 Å². The van der Waals surface area contributed by atoms with Crippen LogP contribution in [-0.4, -0.2) is 35.8 Å². The number of hydrogen-bond donors (Lipinski definition) is 2. The fourth-order valence-electron chi connectivity index (χ4n) is 4.98. The van der Waals surface area contributed by atoms with Crippen molar-refractivity contribution in [3.63, 3.8) is 0 Å². The van der Waals surface area contributed by atoms with Crippen molar-refractivity contribution in [2.75, 3.05) is 5.73 Å². The van der Waals surface area contributed by atoms with Crippen LogP contribution in [0.1, 0.15) is 31.7 Å². The van der Waals surface area contributed by atoms with E-state index in [0.29, 0.717) is 76.0 Å². The lowest BCUT2D eigenvalue weighted by Crippen LogP contribution is -2.24. The largest absolute Gasteiger partial charge is 0.481 e. The summed E-state index contributed by atoms with van der Waals surface area (Å²) in [5.41, 5.74) is 8.82. The van der Waals surface area contributed by atoms with Gasteiger partial charge in [-0.1, -0.05) is 29.8 Å². The Bertz CT molecular complexity index is 1630. The van der Waals surface area contributed by atoms with Gasteiger partial charge in [0, 0.05) is 17.0 Å². The van der Waals surface area contributed by atoms with Crippen LogP contribution >= 0.6 is 11.6 Å². The molecule has 37 heavy (non-hydrogen) atoms. The number of anilines is 1. The van der Waals surface area contributed by atoms with E-state index < -0.39 is 5.97 Å². The maximum atomic E-state index is 11.4. The number of nitrogens with two attached hydrogens (primary N) is 1. The van der Waals surface area contributed by atoms with E-state index in [0.717, 1.165) is 5.39 Å². The fraction of sp³-hybridized carbons (Fsp3) is 0.222. The molecular weight excluding hydrogens is 492 g/mol. The number of rotatable bonds is 5. The first kappa shape index (κ1) is 23.2. The Morgan fingerprint density at radius 3 is 2.59 bits per heavy atom. The number of pyridine rings is 1. The number of carboxylic acids is 1. The maximum Gasteiger partial charge on any atom is 0.306 e. The van der Waals surface area contributed by atoms with E-state index in [2.05, 4.69) is 15.0 Å². The van der Waals surface area contributed by atoms with Gasteiger partial charge in [0.2, 0.25) is 5.88 Å². The van der Waals surface area contributed by atoms with Gasteiger partial charge in [-0.2, -0.15) is 5.10 Å². The number of carboxylic acid groups (broad SMARTS) is 1. The number of aliphatic carboxylic acids is 1. The van der Waals surface area contributed by atoms with Gasteiger partial charge in [-0.15, -0.1) is 0 Å². The highest BCUT2D eigenvalue weighted by molar-refractivity contribution is 6.34. The number of ether oxygens (including phenoxy) is 1. The molecule has 0 spiro atoms. The van der Waals surface area contributed by atoms with E-state index >= 15 is 0 Å². The monoisotopic (exact) mass is 514 g/mol. The Balaban J connectivity index is 1.43. The summed E-state index contributed by atoms with van der Waals surface area (Å²) in [6.07, 6.45) is 3.96. The molecule has 3 heterocycles. The Kier molecular flexibility index (Phi) is 5.84. The summed E-state index contributed by atoms with van der Waals surface area (Å²) >= 11 is 6.75. The predicted molar refractivity (Wildman–Crippen MR) is 141 cm³/mol. The lowest BCUT2D eigenvalue weighted by Gasteiger charge is -2.26. The van der Waals surface area contributed by atoms with Crippen LogP contribution in [-0.2, 0) is 4.79 Å². The quantitative estimate of drug-likeness (QED) is 0.297. The summed E-state index contributed by atoms with van der Waals surface area (Å²) < 4.78 is 7.77. The minimum Gasteiger partial charge on any atom is -0.481 e. The van der Waals surface area contributed by atoms with E-state index in [1.165, 1.54) is 6.33 Å². The molecule has 5 aromatic rings. The smallest absolute Gasteiger partial charge is 0.306 e. The van der Waals surface area contributed by atoms with Gasteiger partial charge in [-0.05, 0) is 56.0 Å². The highest BCUT2D eigenvalue weighted by Gasteiger charge is 2.30. The van der Waals surface area contributed by atoms with Crippen LogP contribution in [0.15, 0.2) is 60.9 Å². The first-order chi connectivity index (χ1) is 18.0. The Morgan fingerprint density at radius 2 is 1.84 bits per heavy atom. The Morgan fingerprint density at radius 1 is 1.05 bits per heavy atom. The fourth-order valence-corrected chi connectivity index (χ4v) is 5.24. The summed E-state index contributed by atoms with van der Waals surface area (Å²) in [4.78, 5) is 24.8. The predicted octanol–water partition coefficient (Wildman–Crippen LogP) is 5.89. The maximum absolute atomic E-state index is 11.4. The standard InChI is InChI=1S/C27H23ClN6O3/c28-20-12-16-8-11-22(37-18-4-2-1-3-5-18)32-21(16)13-19(20)24-23-25(29)30-14-31-26(23)34(33-24)17-9-6-15(7-10-17)27(35)36/h1-5,8,11-15,17H,6-7,9-10H2,(H,35,36)(H2,29,30,31). The zero-order valence-electron chi connectivity index (χ0n) is 19.7. The first-order valence-electron chi connectivity index (χ1n) is 12.0. The number of benzene rings is 2. The topological polar surface area (TPSA) is 129 Å². The second kappa shape index (κ2) is 9.33. The average Bonchev–Trinajstić information content (AvgIpc) is 3.30. The van der Waals surface area contributed by atoms with Gasteiger partial charge in [-0.25, -0.2) is 19.6 Å². The van der Waals surface area contributed by atoms with Gasteiger partial charge < -0.3 is 15.6 Å². The molecule has 1 aliphatic carbocycles. The van der Waals surface area contributed by atoms with Gasteiger partial charge in [-0.3, -0.25) is 4.79 Å². The van der Waals surface area contributed by atoms with E-state index in [1.54, 1.807) is 6.07 Å². The van der Waals surface area contributed by atoms with Crippen molar-refractivity contribution in [3.8, 4) is 22.9 Å². The SMILES string of the molecule is Nc1ncnc2c1c(-c1cc3nc(Oc4ccccc4)ccc3cc1Cl)nn2C1CCC(C(=O)O)CC1. The van der Waals surface area contributed by atoms with Gasteiger partial charge in [0.1, 0.15) is 23.6 Å². The molecule has 1 aliphatic rings. The molecule has 3 N–H and O–H groups in total. The van der Waals surface area contributed by atoms with Crippen LogP contribution in [0.4, 0.5) is 5.82 Å². The minimum atomic E-state index is -0.748. The third-order valence-electron chi connectivity index (χ3n) is 6.88. The molecule has 1 fully saturated rings.